The zero-order valence-electron chi connectivity index (χ0n) is 13.5. The van der Waals surface area contributed by atoms with Crippen molar-refractivity contribution in [1.82, 2.24) is 4.90 Å². The van der Waals surface area contributed by atoms with Gasteiger partial charge >= 0.3 is 0 Å². The number of ether oxygens (including phenoxy) is 1. The van der Waals surface area contributed by atoms with E-state index in [1.54, 1.807) is 0 Å². The minimum atomic E-state index is -0.358. The van der Waals surface area contributed by atoms with E-state index in [0.717, 1.165) is 44.6 Å². The Hall–Kier alpha value is -1.26. The van der Waals surface area contributed by atoms with E-state index >= 15 is 0 Å². The molecule has 2 N–H and O–H groups in total. The lowest BCUT2D eigenvalue weighted by atomic mass is 9.98. The third kappa shape index (κ3) is 4.62. The molecule has 1 heterocycles. The molecule has 0 aromatic heterocycles. The molecule has 2 rings (SSSR count). The van der Waals surface area contributed by atoms with Gasteiger partial charge in [-0.15, -0.1) is 12.4 Å². The van der Waals surface area contributed by atoms with Gasteiger partial charge in [-0.05, 0) is 42.5 Å². The summed E-state index contributed by atoms with van der Waals surface area (Å²) >= 11 is 0. The van der Waals surface area contributed by atoms with Gasteiger partial charge in [0.15, 0.2) is 0 Å². The highest BCUT2D eigenvalue weighted by molar-refractivity contribution is 5.85. The number of hydrogen-bond acceptors (Lipinski definition) is 3. The molecule has 124 valence electrons. The fourth-order valence-corrected chi connectivity index (χ4v) is 2.70. The molecule has 5 heteroatoms. The molecule has 4 nitrogen and oxygen atoms in total. The van der Waals surface area contributed by atoms with Crippen molar-refractivity contribution >= 4 is 18.3 Å². The quantitative estimate of drug-likeness (QED) is 0.874. The van der Waals surface area contributed by atoms with Crippen LogP contribution >= 0.6 is 12.4 Å². The number of amides is 1. The van der Waals surface area contributed by atoms with Crippen molar-refractivity contribution in [2.24, 2.45) is 5.73 Å². The second-order valence-electron chi connectivity index (χ2n) is 5.68. The van der Waals surface area contributed by atoms with Crippen LogP contribution in [-0.4, -0.2) is 30.0 Å². The lowest BCUT2D eigenvalue weighted by Crippen LogP contribution is -2.45. The Morgan fingerprint density at radius 3 is 2.77 bits per heavy atom. The van der Waals surface area contributed by atoms with Crippen molar-refractivity contribution in [3.63, 3.8) is 0 Å². The van der Waals surface area contributed by atoms with Gasteiger partial charge in [0.05, 0.1) is 12.6 Å². The minimum absolute atomic E-state index is 0. The number of carbonyl (C=O) groups excluding carboxylic acids is 1. The Morgan fingerprint density at radius 1 is 1.32 bits per heavy atom. The fourth-order valence-electron chi connectivity index (χ4n) is 2.70. The molecule has 0 spiro atoms. The van der Waals surface area contributed by atoms with E-state index in [-0.39, 0.29) is 24.4 Å². The second-order valence-corrected chi connectivity index (χ2v) is 5.68. The summed E-state index contributed by atoms with van der Waals surface area (Å²) in [6.45, 7) is 6.31. The zero-order chi connectivity index (χ0) is 15.2. The van der Waals surface area contributed by atoms with E-state index < -0.39 is 0 Å². The molecule has 0 aliphatic carbocycles. The van der Waals surface area contributed by atoms with Crippen LogP contribution in [0.5, 0.6) is 5.75 Å². The van der Waals surface area contributed by atoms with Crippen LogP contribution in [0.15, 0.2) is 18.2 Å². The Kier molecular flexibility index (Phi) is 7.69. The number of halogens is 1. The SMILES string of the molecule is CCCOc1ccc2c(c1)CCN(C(=O)C(N)CCC)C2.Cl. The van der Waals surface area contributed by atoms with Crippen molar-refractivity contribution in [1.29, 1.82) is 0 Å². The first-order valence-corrected chi connectivity index (χ1v) is 7.94. The van der Waals surface area contributed by atoms with Crippen molar-refractivity contribution < 1.29 is 9.53 Å². The molecule has 1 aromatic carbocycles. The highest BCUT2D eigenvalue weighted by Gasteiger charge is 2.24. The Labute approximate surface area is 139 Å². The average molecular weight is 327 g/mol. The van der Waals surface area contributed by atoms with Crippen LogP contribution in [-0.2, 0) is 17.8 Å². The van der Waals surface area contributed by atoms with Crippen molar-refractivity contribution in [2.75, 3.05) is 13.2 Å². The maximum Gasteiger partial charge on any atom is 0.239 e. The van der Waals surface area contributed by atoms with Gasteiger partial charge in [-0.2, -0.15) is 0 Å². The second kappa shape index (κ2) is 9.01. The molecule has 0 saturated carbocycles. The standard InChI is InChI=1S/C17H26N2O2.ClH/c1-3-5-16(18)17(20)19-9-8-13-11-15(21-10-4-2)7-6-14(13)12-19;/h6-7,11,16H,3-5,8-10,12,18H2,1-2H3;1H. The van der Waals surface area contributed by atoms with Gasteiger partial charge in [-0.3, -0.25) is 4.79 Å². The predicted octanol–water partition coefficient (Wildman–Crippen LogP) is 2.91. The normalized spacial score (nSPS) is 14.8. The van der Waals surface area contributed by atoms with Gasteiger partial charge in [0, 0.05) is 13.1 Å². The summed E-state index contributed by atoms with van der Waals surface area (Å²) in [5, 5.41) is 0. The van der Waals surface area contributed by atoms with Crippen molar-refractivity contribution in [3.05, 3.63) is 29.3 Å². The fraction of sp³-hybridized carbons (Fsp3) is 0.588. The number of benzene rings is 1. The highest BCUT2D eigenvalue weighted by Crippen LogP contribution is 2.24. The van der Waals surface area contributed by atoms with Gasteiger partial charge in [-0.1, -0.05) is 26.3 Å². The maximum absolute atomic E-state index is 12.3. The smallest absolute Gasteiger partial charge is 0.239 e. The van der Waals surface area contributed by atoms with Crippen LogP contribution in [0, 0.1) is 0 Å². The molecule has 1 amide bonds. The molecular weight excluding hydrogens is 300 g/mol. The predicted molar refractivity (Wildman–Crippen MR) is 91.5 cm³/mol. The van der Waals surface area contributed by atoms with Crippen LogP contribution in [0.2, 0.25) is 0 Å². The van der Waals surface area contributed by atoms with Gasteiger partial charge in [0.1, 0.15) is 5.75 Å². The monoisotopic (exact) mass is 326 g/mol. The summed E-state index contributed by atoms with van der Waals surface area (Å²) in [5.41, 5.74) is 8.45. The lowest BCUT2D eigenvalue weighted by Gasteiger charge is -2.31. The molecule has 1 aliphatic rings. The summed E-state index contributed by atoms with van der Waals surface area (Å²) in [6, 6.07) is 5.82. The van der Waals surface area contributed by atoms with Gasteiger partial charge in [0.2, 0.25) is 5.91 Å². The van der Waals surface area contributed by atoms with E-state index in [9.17, 15) is 4.79 Å². The molecule has 1 aliphatic heterocycles. The van der Waals surface area contributed by atoms with Crippen LogP contribution < -0.4 is 10.5 Å². The maximum atomic E-state index is 12.3. The number of nitrogens with two attached hydrogens (primary N) is 1. The molecule has 22 heavy (non-hydrogen) atoms. The molecule has 0 saturated heterocycles. The third-order valence-electron chi connectivity index (χ3n) is 3.89. The van der Waals surface area contributed by atoms with Crippen LogP contribution in [0.25, 0.3) is 0 Å². The highest BCUT2D eigenvalue weighted by atomic mass is 35.5. The van der Waals surface area contributed by atoms with E-state index in [0.29, 0.717) is 6.54 Å². The molecule has 1 unspecified atom stereocenters. The van der Waals surface area contributed by atoms with Crippen molar-refractivity contribution in [2.45, 2.75) is 52.1 Å². The number of carbonyl (C=O) groups is 1. The van der Waals surface area contributed by atoms with Crippen LogP contribution in [0.3, 0.4) is 0 Å². The summed E-state index contributed by atoms with van der Waals surface area (Å²) in [5.74, 6) is 1.01. The Bertz CT molecular complexity index is 494. The number of hydrogen-bond donors (Lipinski definition) is 1. The largest absolute Gasteiger partial charge is 0.494 e. The first-order chi connectivity index (χ1) is 10.2. The molecule has 0 radical (unpaired) electrons. The third-order valence-corrected chi connectivity index (χ3v) is 3.89. The Balaban J connectivity index is 0.00000242. The Morgan fingerprint density at radius 2 is 2.09 bits per heavy atom. The van der Waals surface area contributed by atoms with Crippen LogP contribution in [0.1, 0.15) is 44.2 Å². The van der Waals surface area contributed by atoms with E-state index in [4.69, 9.17) is 10.5 Å². The van der Waals surface area contributed by atoms with E-state index in [1.807, 2.05) is 11.0 Å². The number of nitrogens with zero attached hydrogens (tertiary/aromatic N) is 1. The van der Waals surface area contributed by atoms with Gasteiger partial charge in [0.25, 0.3) is 0 Å². The molecule has 1 atom stereocenters. The van der Waals surface area contributed by atoms with E-state index in [2.05, 4.69) is 26.0 Å². The van der Waals surface area contributed by atoms with Gasteiger partial charge in [-0.25, -0.2) is 0 Å². The van der Waals surface area contributed by atoms with Gasteiger partial charge < -0.3 is 15.4 Å². The average Bonchev–Trinajstić information content (AvgIpc) is 2.51. The minimum Gasteiger partial charge on any atom is -0.494 e. The summed E-state index contributed by atoms with van der Waals surface area (Å²) < 4.78 is 5.67. The molecular formula is C17H27ClN2O2. The first-order valence-electron chi connectivity index (χ1n) is 7.94. The first kappa shape index (κ1) is 18.8. The number of fused-ring (bicyclic) bond motifs is 1. The molecule has 1 aromatic rings. The van der Waals surface area contributed by atoms with E-state index in [1.165, 1.54) is 11.1 Å². The summed E-state index contributed by atoms with van der Waals surface area (Å²) in [6.07, 6.45) is 3.58. The molecule has 0 fully saturated rings. The lowest BCUT2D eigenvalue weighted by molar-refractivity contribution is -0.133. The topological polar surface area (TPSA) is 55.6 Å². The summed E-state index contributed by atoms with van der Waals surface area (Å²) in [7, 11) is 0. The van der Waals surface area contributed by atoms with Crippen molar-refractivity contribution in [3.8, 4) is 5.75 Å². The van der Waals surface area contributed by atoms with Crippen LogP contribution in [0.4, 0.5) is 0 Å². The summed E-state index contributed by atoms with van der Waals surface area (Å²) in [4.78, 5) is 14.2. The number of rotatable bonds is 6. The zero-order valence-corrected chi connectivity index (χ0v) is 14.3. The molecule has 0 bridgehead atoms.